The minimum Gasteiger partial charge on any atom is -0.481 e. The third kappa shape index (κ3) is 4.83. The van der Waals surface area contributed by atoms with Crippen LogP contribution in [-0.4, -0.2) is 54.1 Å². The number of ether oxygens (including phenoxy) is 1. The van der Waals surface area contributed by atoms with Gasteiger partial charge >= 0.3 is 0 Å². The summed E-state index contributed by atoms with van der Waals surface area (Å²) in [6.45, 7) is 5.05. The monoisotopic (exact) mass is 346 g/mol. The first-order chi connectivity index (χ1) is 12.2. The number of hydrogen-bond acceptors (Lipinski definition) is 5. The van der Waals surface area contributed by atoms with Gasteiger partial charge in [0.05, 0.1) is 7.11 Å². The van der Waals surface area contributed by atoms with Crippen molar-refractivity contribution in [3.8, 4) is 5.88 Å². The standard InChI is InChI=1S/C19H30N4O2/c1-15-20-17(14-18(21-15)25-2)22-10-12-23(13-11-22)19(24)9-8-16-6-4-3-5-7-16/h14,16H,3-13H2,1-2H3. The van der Waals surface area contributed by atoms with Crippen LogP contribution in [-0.2, 0) is 4.79 Å². The first kappa shape index (κ1) is 18.0. The molecular weight excluding hydrogens is 316 g/mol. The highest BCUT2D eigenvalue weighted by molar-refractivity contribution is 5.76. The molecule has 6 heteroatoms. The molecule has 2 heterocycles. The van der Waals surface area contributed by atoms with Crippen LogP contribution in [0.25, 0.3) is 0 Å². The predicted molar refractivity (Wildman–Crippen MR) is 97.9 cm³/mol. The number of aromatic nitrogens is 2. The number of hydrogen-bond donors (Lipinski definition) is 0. The van der Waals surface area contributed by atoms with E-state index < -0.39 is 0 Å². The zero-order valence-corrected chi connectivity index (χ0v) is 15.5. The first-order valence-corrected chi connectivity index (χ1v) is 9.58. The summed E-state index contributed by atoms with van der Waals surface area (Å²) in [7, 11) is 1.62. The maximum Gasteiger partial charge on any atom is 0.222 e. The Bertz CT molecular complexity index is 579. The van der Waals surface area contributed by atoms with Gasteiger partial charge in [0.25, 0.3) is 0 Å². The quantitative estimate of drug-likeness (QED) is 0.820. The molecule has 6 nitrogen and oxygen atoms in total. The zero-order valence-electron chi connectivity index (χ0n) is 15.5. The summed E-state index contributed by atoms with van der Waals surface area (Å²) in [5.74, 6) is 3.28. The lowest BCUT2D eigenvalue weighted by molar-refractivity contribution is -0.131. The molecule has 3 rings (SSSR count). The summed E-state index contributed by atoms with van der Waals surface area (Å²) in [6.07, 6.45) is 8.48. The molecule has 1 aromatic rings. The Morgan fingerprint density at radius 1 is 1.16 bits per heavy atom. The van der Waals surface area contributed by atoms with Crippen LogP contribution in [0, 0.1) is 12.8 Å². The number of rotatable bonds is 5. The second-order valence-electron chi connectivity index (χ2n) is 7.23. The van der Waals surface area contributed by atoms with Crippen molar-refractivity contribution >= 4 is 11.7 Å². The van der Waals surface area contributed by atoms with Gasteiger partial charge in [-0.25, -0.2) is 4.98 Å². The second-order valence-corrected chi connectivity index (χ2v) is 7.23. The van der Waals surface area contributed by atoms with E-state index in [1.54, 1.807) is 7.11 Å². The molecule has 1 saturated heterocycles. The summed E-state index contributed by atoms with van der Waals surface area (Å²) in [4.78, 5) is 25.5. The van der Waals surface area contributed by atoms with Crippen molar-refractivity contribution < 1.29 is 9.53 Å². The van der Waals surface area contributed by atoms with Gasteiger partial charge in [-0.2, -0.15) is 4.98 Å². The predicted octanol–water partition coefficient (Wildman–Crippen LogP) is 2.80. The Labute approximate surface area is 150 Å². The Kier molecular flexibility index (Phi) is 6.10. The van der Waals surface area contributed by atoms with Gasteiger partial charge < -0.3 is 14.5 Å². The summed E-state index contributed by atoms with van der Waals surface area (Å²) in [6, 6.07) is 1.87. The molecule has 0 spiro atoms. The lowest BCUT2D eigenvalue weighted by Gasteiger charge is -2.36. The van der Waals surface area contributed by atoms with Crippen LogP contribution >= 0.6 is 0 Å². The molecule has 0 unspecified atom stereocenters. The van der Waals surface area contributed by atoms with E-state index >= 15 is 0 Å². The highest BCUT2D eigenvalue weighted by Gasteiger charge is 2.23. The van der Waals surface area contributed by atoms with Gasteiger partial charge in [-0.05, 0) is 19.3 Å². The number of piperazine rings is 1. The molecule has 1 aliphatic heterocycles. The molecule has 0 aromatic carbocycles. The van der Waals surface area contributed by atoms with Gasteiger partial charge in [0, 0.05) is 38.7 Å². The third-order valence-electron chi connectivity index (χ3n) is 5.46. The Balaban J connectivity index is 1.48. The lowest BCUT2D eigenvalue weighted by atomic mass is 9.86. The summed E-state index contributed by atoms with van der Waals surface area (Å²) < 4.78 is 5.23. The smallest absolute Gasteiger partial charge is 0.222 e. The fourth-order valence-corrected chi connectivity index (χ4v) is 3.94. The number of methoxy groups -OCH3 is 1. The maximum absolute atomic E-state index is 12.5. The van der Waals surface area contributed by atoms with Crippen LogP contribution in [0.3, 0.4) is 0 Å². The molecule has 138 valence electrons. The summed E-state index contributed by atoms with van der Waals surface area (Å²) in [5, 5.41) is 0. The van der Waals surface area contributed by atoms with E-state index in [4.69, 9.17) is 4.74 Å². The van der Waals surface area contributed by atoms with Crippen molar-refractivity contribution in [1.82, 2.24) is 14.9 Å². The number of nitrogens with zero attached hydrogens (tertiary/aromatic N) is 4. The molecule has 0 bridgehead atoms. The van der Waals surface area contributed by atoms with Gasteiger partial charge in [-0.15, -0.1) is 0 Å². The average Bonchev–Trinajstić information content (AvgIpc) is 2.66. The van der Waals surface area contributed by atoms with Gasteiger partial charge in [-0.3, -0.25) is 4.79 Å². The fraction of sp³-hybridized carbons (Fsp3) is 0.737. The van der Waals surface area contributed by atoms with Crippen LogP contribution in [0.5, 0.6) is 5.88 Å². The van der Waals surface area contributed by atoms with Crippen LogP contribution in [0.4, 0.5) is 5.82 Å². The maximum atomic E-state index is 12.5. The highest BCUT2D eigenvalue weighted by atomic mass is 16.5. The SMILES string of the molecule is COc1cc(N2CCN(C(=O)CCC3CCCCC3)CC2)nc(C)n1. The van der Waals surface area contributed by atoms with Crippen LogP contribution in [0.15, 0.2) is 6.07 Å². The highest BCUT2D eigenvalue weighted by Crippen LogP contribution is 2.27. The van der Waals surface area contributed by atoms with Crippen molar-refractivity contribution in [2.75, 3.05) is 38.2 Å². The molecule has 0 N–H and O–H groups in total. The minimum absolute atomic E-state index is 0.321. The van der Waals surface area contributed by atoms with Crippen LogP contribution in [0.1, 0.15) is 50.8 Å². The van der Waals surface area contributed by atoms with E-state index in [0.29, 0.717) is 24.0 Å². The molecule has 0 atom stereocenters. The number of amides is 1. The first-order valence-electron chi connectivity index (χ1n) is 9.58. The molecule has 1 aliphatic carbocycles. The second kappa shape index (κ2) is 8.50. The van der Waals surface area contributed by atoms with E-state index in [9.17, 15) is 4.79 Å². The Morgan fingerprint density at radius 2 is 1.88 bits per heavy atom. The number of carbonyl (C=O) groups excluding carboxylic acids is 1. The number of carbonyl (C=O) groups is 1. The number of anilines is 1. The fourth-order valence-electron chi connectivity index (χ4n) is 3.94. The average molecular weight is 346 g/mol. The normalized spacial score (nSPS) is 19.1. The Hall–Kier alpha value is -1.85. The topological polar surface area (TPSA) is 58.6 Å². The molecule has 2 fully saturated rings. The molecule has 25 heavy (non-hydrogen) atoms. The molecule has 0 radical (unpaired) electrons. The molecule has 2 aliphatic rings. The van der Waals surface area contributed by atoms with Crippen molar-refractivity contribution in [2.24, 2.45) is 5.92 Å². The van der Waals surface area contributed by atoms with E-state index in [1.807, 2.05) is 17.9 Å². The Morgan fingerprint density at radius 3 is 2.56 bits per heavy atom. The van der Waals surface area contributed by atoms with E-state index in [2.05, 4.69) is 14.9 Å². The van der Waals surface area contributed by atoms with Crippen molar-refractivity contribution in [3.63, 3.8) is 0 Å². The van der Waals surface area contributed by atoms with Crippen molar-refractivity contribution in [2.45, 2.75) is 51.9 Å². The van der Waals surface area contributed by atoms with E-state index in [1.165, 1.54) is 32.1 Å². The van der Waals surface area contributed by atoms with E-state index in [0.717, 1.165) is 44.3 Å². The van der Waals surface area contributed by atoms with E-state index in [-0.39, 0.29) is 0 Å². The van der Waals surface area contributed by atoms with Crippen LogP contribution < -0.4 is 9.64 Å². The third-order valence-corrected chi connectivity index (χ3v) is 5.46. The van der Waals surface area contributed by atoms with Gasteiger partial charge in [0.15, 0.2) is 0 Å². The molecular formula is C19H30N4O2. The summed E-state index contributed by atoms with van der Waals surface area (Å²) >= 11 is 0. The van der Waals surface area contributed by atoms with Crippen molar-refractivity contribution in [3.05, 3.63) is 11.9 Å². The lowest BCUT2D eigenvalue weighted by Crippen LogP contribution is -2.49. The largest absolute Gasteiger partial charge is 0.481 e. The van der Waals surface area contributed by atoms with Crippen LogP contribution in [0.2, 0.25) is 0 Å². The van der Waals surface area contributed by atoms with Gasteiger partial charge in [0.2, 0.25) is 11.8 Å². The summed E-state index contributed by atoms with van der Waals surface area (Å²) in [5.41, 5.74) is 0. The van der Waals surface area contributed by atoms with Crippen molar-refractivity contribution in [1.29, 1.82) is 0 Å². The molecule has 1 aromatic heterocycles. The van der Waals surface area contributed by atoms with Gasteiger partial charge in [0.1, 0.15) is 11.6 Å². The minimum atomic E-state index is 0.321. The molecule has 1 amide bonds. The zero-order chi connectivity index (χ0) is 17.6. The molecule has 1 saturated carbocycles. The van der Waals surface area contributed by atoms with Gasteiger partial charge in [-0.1, -0.05) is 32.1 Å². The number of aryl methyl sites for hydroxylation is 1.